The Hall–Kier alpha value is -0.660. The third-order valence-corrected chi connectivity index (χ3v) is 4.44. The second kappa shape index (κ2) is 7.62. The number of rotatable bonds is 8. The fourth-order valence-corrected chi connectivity index (χ4v) is 2.61. The Morgan fingerprint density at radius 3 is 2.29 bits per heavy atom. The Morgan fingerprint density at radius 1 is 1.29 bits per heavy atom. The maximum Gasteiger partial charge on any atom is 0.321 e. The summed E-state index contributed by atoms with van der Waals surface area (Å²) in [6, 6.07) is 0. The molecule has 0 aliphatic heterocycles. The molecule has 0 bridgehead atoms. The highest BCUT2D eigenvalue weighted by Gasteiger charge is 2.27. The van der Waals surface area contributed by atoms with Gasteiger partial charge in [-0.2, -0.15) is 17.0 Å². The molecule has 0 amide bonds. The number of esters is 1. The third kappa shape index (κ3) is 5.01. The number of carbonyl (C=O) groups excluding carboxylic acids is 1. The molecule has 7 heteroatoms. The van der Waals surface area contributed by atoms with Crippen molar-refractivity contribution in [1.82, 2.24) is 8.61 Å². The first-order chi connectivity index (χ1) is 7.89. The van der Waals surface area contributed by atoms with Gasteiger partial charge in [0.05, 0.1) is 7.11 Å². The molecule has 0 spiro atoms. The van der Waals surface area contributed by atoms with Gasteiger partial charge in [0.2, 0.25) is 0 Å². The highest BCUT2D eigenvalue weighted by Crippen LogP contribution is 2.07. The quantitative estimate of drug-likeness (QED) is 0.599. The molecule has 0 saturated heterocycles. The SMILES string of the molecule is CCCCN(C)S(=O)(=O)N(CC)CC(=O)OC. The van der Waals surface area contributed by atoms with Crippen LogP contribution in [-0.4, -0.2) is 56.8 Å². The lowest BCUT2D eigenvalue weighted by atomic mass is 10.3. The van der Waals surface area contributed by atoms with Crippen molar-refractivity contribution in [1.29, 1.82) is 0 Å². The van der Waals surface area contributed by atoms with Crippen LogP contribution in [0.5, 0.6) is 0 Å². The van der Waals surface area contributed by atoms with Crippen molar-refractivity contribution in [2.75, 3.05) is 33.8 Å². The van der Waals surface area contributed by atoms with Crippen molar-refractivity contribution in [2.45, 2.75) is 26.7 Å². The van der Waals surface area contributed by atoms with Crippen LogP contribution in [0.3, 0.4) is 0 Å². The van der Waals surface area contributed by atoms with E-state index in [1.807, 2.05) is 6.92 Å². The molecule has 0 rings (SSSR count). The van der Waals surface area contributed by atoms with E-state index in [0.717, 1.165) is 17.1 Å². The average molecular weight is 266 g/mol. The Kier molecular flexibility index (Phi) is 7.33. The van der Waals surface area contributed by atoms with Crippen LogP contribution in [0.1, 0.15) is 26.7 Å². The molecule has 0 unspecified atom stereocenters. The van der Waals surface area contributed by atoms with Gasteiger partial charge in [-0.05, 0) is 6.42 Å². The summed E-state index contributed by atoms with van der Waals surface area (Å²) in [5.74, 6) is -0.556. The van der Waals surface area contributed by atoms with Gasteiger partial charge in [0.1, 0.15) is 6.54 Å². The summed E-state index contributed by atoms with van der Waals surface area (Å²) in [4.78, 5) is 11.1. The number of likely N-dealkylation sites (N-methyl/N-ethyl adjacent to an activating group) is 1. The van der Waals surface area contributed by atoms with Crippen molar-refractivity contribution in [2.24, 2.45) is 0 Å². The molecule has 0 atom stereocenters. The molecule has 0 N–H and O–H groups in total. The van der Waals surface area contributed by atoms with Gasteiger partial charge < -0.3 is 4.74 Å². The first-order valence-electron chi connectivity index (χ1n) is 5.68. The van der Waals surface area contributed by atoms with Crippen molar-refractivity contribution in [3.63, 3.8) is 0 Å². The Balaban J connectivity index is 4.68. The number of carbonyl (C=O) groups is 1. The fourth-order valence-electron chi connectivity index (χ4n) is 1.26. The average Bonchev–Trinajstić information content (AvgIpc) is 2.31. The zero-order valence-corrected chi connectivity index (χ0v) is 11.8. The third-order valence-electron chi connectivity index (χ3n) is 2.43. The zero-order chi connectivity index (χ0) is 13.5. The summed E-state index contributed by atoms with van der Waals surface area (Å²) in [6.45, 7) is 4.14. The minimum absolute atomic E-state index is 0.244. The van der Waals surface area contributed by atoms with E-state index in [9.17, 15) is 13.2 Å². The summed E-state index contributed by atoms with van der Waals surface area (Å²) in [5, 5.41) is 0. The van der Waals surface area contributed by atoms with Crippen molar-refractivity contribution in [3.8, 4) is 0 Å². The van der Waals surface area contributed by atoms with Gasteiger partial charge in [-0.15, -0.1) is 0 Å². The van der Waals surface area contributed by atoms with Gasteiger partial charge in [0.15, 0.2) is 0 Å². The molecule has 17 heavy (non-hydrogen) atoms. The van der Waals surface area contributed by atoms with Gasteiger partial charge in [-0.1, -0.05) is 20.3 Å². The maximum atomic E-state index is 12.1. The van der Waals surface area contributed by atoms with E-state index in [0.29, 0.717) is 6.54 Å². The van der Waals surface area contributed by atoms with E-state index in [1.54, 1.807) is 6.92 Å². The predicted octanol–water partition coefficient (Wildman–Crippen LogP) is 0.458. The molecule has 0 heterocycles. The fraction of sp³-hybridized carbons (Fsp3) is 0.900. The summed E-state index contributed by atoms with van der Waals surface area (Å²) in [5.41, 5.74) is 0. The number of methoxy groups -OCH3 is 1. The molecule has 0 saturated carbocycles. The Labute approximate surface area is 104 Å². The Morgan fingerprint density at radius 2 is 1.88 bits per heavy atom. The maximum absolute atomic E-state index is 12.1. The van der Waals surface area contributed by atoms with Crippen LogP contribution >= 0.6 is 0 Å². The highest BCUT2D eigenvalue weighted by atomic mass is 32.2. The van der Waals surface area contributed by atoms with Crippen molar-refractivity contribution >= 4 is 16.2 Å². The molecule has 0 fully saturated rings. The highest BCUT2D eigenvalue weighted by molar-refractivity contribution is 7.86. The predicted molar refractivity (Wildman–Crippen MR) is 65.7 cm³/mol. The van der Waals surface area contributed by atoms with E-state index in [1.165, 1.54) is 18.5 Å². The molecule has 6 nitrogen and oxygen atoms in total. The summed E-state index contributed by atoms with van der Waals surface area (Å²) >= 11 is 0. The van der Waals surface area contributed by atoms with Gasteiger partial charge in [0, 0.05) is 20.1 Å². The summed E-state index contributed by atoms with van der Waals surface area (Å²) in [7, 11) is -0.804. The van der Waals surface area contributed by atoms with Crippen LogP contribution in [0.4, 0.5) is 0 Å². The van der Waals surface area contributed by atoms with Crippen LogP contribution in [0.25, 0.3) is 0 Å². The van der Waals surface area contributed by atoms with E-state index in [2.05, 4.69) is 4.74 Å². The van der Waals surface area contributed by atoms with Gasteiger partial charge in [-0.25, -0.2) is 0 Å². The second-order valence-electron chi connectivity index (χ2n) is 3.69. The minimum atomic E-state index is -3.56. The topological polar surface area (TPSA) is 66.9 Å². The number of nitrogens with zero attached hydrogens (tertiary/aromatic N) is 2. The monoisotopic (exact) mass is 266 g/mol. The van der Waals surface area contributed by atoms with Gasteiger partial charge in [0.25, 0.3) is 10.2 Å². The Bertz CT molecular complexity index is 329. The molecular weight excluding hydrogens is 244 g/mol. The lowest BCUT2D eigenvalue weighted by Gasteiger charge is -2.25. The lowest BCUT2D eigenvalue weighted by molar-refractivity contribution is -0.140. The number of hydrogen-bond acceptors (Lipinski definition) is 4. The number of hydrogen-bond donors (Lipinski definition) is 0. The lowest BCUT2D eigenvalue weighted by Crippen LogP contribution is -2.44. The molecule has 0 aromatic rings. The van der Waals surface area contributed by atoms with Crippen molar-refractivity contribution < 1.29 is 17.9 Å². The van der Waals surface area contributed by atoms with Crippen LogP contribution in [0, 0.1) is 0 Å². The van der Waals surface area contributed by atoms with Gasteiger partial charge in [-0.3, -0.25) is 4.79 Å². The van der Waals surface area contributed by atoms with Crippen LogP contribution in [0.15, 0.2) is 0 Å². The first-order valence-corrected chi connectivity index (χ1v) is 7.08. The number of unbranched alkanes of at least 4 members (excludes halogenated alkanes) is 1. The normalized spacial score (nSPS) is 12.1. The minimum Gasteiger partial charge on any atom is -0.468 e. The van der Waals surface area contributed by atoms with Crippen LogP contribution in [0.2, 0.25) is 0 Å². The van der Waals surface area contributed by atoms with E-state index >= 15 is 0 Å². The van der Waals surface area contributed by atoms with Crippen LogP contribution in [-0.2, 0) is 19.7 Å². The van der Waals surface area contributed by atoms with E-state index in [-0.39, 0.29) is 13.1 Å². The van der Waals surface area contributed by atoms with Crippen LogP contribution < -0.4 is 0 Å². The molecule has 0 aliphatic carbocycles. The summed E-state index contributed by atoms with van der Waals surface area (Å²) in [6.07, 6.45) is 1.72. The molecule has 102 valence electrons. The molecule has 0 aliphatic rings. The molecule has 0 aromatic carbocycles. The van der Waals surface area contributed by atoms with E-state index < -0.39 is 16.2 Å². The first kappa shape index (κ1) is 16.3. The van der Waals surface area contributed by atoms with Crippen molar-refractivity contribution in [3.05, 3.63) is 0 Å². The molecule has 0 aromatic heterocycles. The molecule has 0 radical (unpaired) electrons. The summed E-state index contributed by atoms with van der Waals surface area (Å²) < 4.78 is 31.0. The standard InChI is InChI=1S/C10H22N2O4S/c1-5-7-8-11(3)17(14,15)12(6-2)9-10(13)16-4/h5-9H2,1-4H3. The number of ether oxygens (including phenoxy) is 1. The largest absolute Gasteiger partial charge is 0.468 e. The van der Waals surface area contributed by atoms with Gasteiger partial charge >= 0.3 is 5.97 Å². The van der Waals surface area contributed by atoms with E-state index in [4.69, 9.17) is 0 Å². The smallest absolute Gasteiger partial charge is 0.321 e. The zero-order valence-electron chi connectivity index (χ0n) is 11.0. The second-order valence-corrected chi connectivity index (χ2v) is 5.72. The molecular formula is C10H22N2O4S.